The summed E-state index contributed by atoms with van der Waals surface area (Å²) in [6.07, 6.45) is 1.47. The average Bonchev–Trinajstić information content (AvgIpc) is 2.33. The molecular formula is C14H21NO2S. The van der Waals surface area contributed by atoms with Gasteiger partial charge in [-0.2, -0.15) is 4.40 Å². The van der Waals surface area contributed by atoms with Gasteiger partial charge in [0.2, 0.25) is 0 Å². The molecule has 1 rings (SSSR count). The Morgan fingerprint density at radius 3 is 2.50 bits per heavy atom. The quantitative estimate of drug-likeness (QED) is 0.769. The van der Waals surface area contributed by atoms with Crippen LogP contribution in [0, 0.1) is 0 Å². The summed E-state index contributed by atoms with van der Waals surface area (Å²) in [6, 6.07) is 9.95. The Hall–Kier alpha value is -1.00. The van der Waals surface area contributed by atoms with Crippen LogP contribution < -0.4 is 0 Å². The largest absolute Gasteiger partial charge is 0.368 e. The fraction of sp³-hybridized carbons (Fsp3) is 0.500. The van der Waals surface area contributed by atoms with Crippen LogP contribution in [0.15, 0.2) is 34.7 Å². The monoisotopic (exact) mass is 267 g/mol. The summed E-state index contributed by atoms with van der Waals surface area (Å²) in [5.74, 6) is 0. The molecule has 0 saturated carbocycles. The number of nitrogens with zero attached hydrogens (tertiary/aromatic N) is 1. The molecule has 0 saturated heterocycles. The van der Waals surface area contributed by atoms with Crippen LogP contribution in [0.25, 0.3) is 0 Å². The van der Waals surface area contributed by atoms with Crippen molar-refractivity contribution in [1.29, 1.82) is 0 Å². The predicted octanol–water partition coefficient (Wildman–Crippen LogP) is 3.12. The summed E-state index contributed by atoms with van der Waals surface area (Å²) in [5.41, 5.74) is 1.12. The van der Waals surface area contributed by atoms with Crippen molar-refractivity contribution in [3.63, 3.8) is 0 Å². The summed E-state index contributed by atoms with van der Waals surface area (Å²) in [6.45, 7) is 8.13. The first-order valence-corrected chi connectivity index (χ1v) is 7.12. The van der Waals surface area contributed by atoms with Gasteiger partial charge >= 0.3 is 0 Å². The van der Waals surface area contributed by atoms with Gasteiger partial charge in [-0.15, -0.1) is 0 Å². The first kappa shape index (κ1) is 15.1. The lowest BCUT2D eigenvalue weighted by Crippen LogP contribution is -2.21. The van der Waals surface area contributed by atoms with Gasteiger partial charge in [0, 0.05) is 6.21 Å². The highest BCUT2D eigenvalue weighted by Crippen LogP contribution is 2.12. The number of rotatable bonds is 5. The standard InChI is InChI=1S/C14H21NO2S/c1-12(10-15-18(16)14(2,3)4)17-11-13-8-6-5-7-9-13/h5-10,12H,11H2,1-4H3/t12-,18-/m0/s1. The number of hydrogen-bond acceptors (Lipinski definition) is 2. The van der Waals surface area contributed by atoms with E-state index in [0.717, 1.165) is 5.56 Å². The number of hydrogen-bond donors (Lipinski definition) is 0. The summed E-state index contributed by atoms with van der Waals surface area (Å²) < 4.78 is 21.0. The van der Waals surface area contributed by atoms with Gasteiger partial charge in [-0.3, -0.25) is 0 Å². The Kier molecular flexibility index (Phi) is 5.69. The first-order chi connectivity index (χ1) is 8.39. The van der Waals surface area contributed by atoms with E-state index in [1.807, 2.05) is 58.0 Å². The van der Waals surface area contributed by atoms with E-state index in [-0.39, 0.29) is 10.9 Å². The SMILES string of the molecule is C[C@@H](C=N[S@@](=O)C(C)(C)C)OCc1ccccc1. The van der Waals surface area contributed by atoms with Gasteiger partial charge in [0.25, 0.3) is 0 Å². The van der Waals surface area contributed by atoms with Crippen molar-refractivity contribution >= 4 is 17.2 Å². The van der Waals surface area contributed by atoms with E-state index in [4.69, 9.17) is 4.74 Å². The summed E-state index contributed by atoms with van der Waals surface area (Å²) in [4.78, 5) is 0. The lowest BCUT2D eigenvalue weighted by Gasteiger charge is -2.14. The van der Waals surface area contributed by atoms with E-state index >= 15 is 0 Å². The molecule has 0 aromatic heterocycles. The molecule has 0 aliphatic rings. The maximum Gasteiger partial charge on any atom is 0.144 e. The van der Waals surface area contributed by atoms with Gasteiger partial charge in [-0.1, -0.05) is 30.3 Å². The normalized spacial score (nSPS) is 15.8. The molecule has 2 atom stereocenters. The van der Waals surface area contributed by atoms with Crippen LogP contribution in [0.1, 0.15) is 33.3 Å². The van der Waals surface area contributed by atoms with Crippen molar-refractivity contribution in [2.45, 2.75) is 45.2 Å². The molecule has 0 unspecified atom stereocenters. The predicted molar refractivity (Wildman–Crippen MR) is 77.1 cm³/mol. The smallest absolute Gasteiger partial charge is 0.144 e. The van der Waals surface area contributed by atoms with Gasteiger partial charge in [0.15, 0.2) is 0 Å². The second-order valence-corrected chi connectivity index (χ2v) is 7.05. The van der Waals surface area contributed by atoms with Crippen LogP contribution >= 0.6 is 0 Å². The maximum atomic E-state index is 11.7. The lowest BCUT2D eigenvalue weighted by molar-refractivity contribution is 0.0992. The van der Waals surface area contributed by atoms with Crippen molar-refractivity contribution in [1.82, 2.24) is 0 Å². The topological polar surface area (TPSA) is 38.7 Å². The van der Waals surface area contributed by atoms with E-state index in [2.05, 4.69) is 4.40 Å². The first-order valence-electron chi connectivity index (χ1n) is 6.01. The van der Waals surface area contributed by atoms with Gasteiger partial charge in [0.05, 0.1) is 17.5 Å². The van der Waals surface area contributed by atoms with Crippen LogP contribution in [-0.4, -0.2) is 21.3 Å². The van der Waals surface area contributed by atoms with Crippen LogP contribution in [0.2, 0.25) is 0 Å². The molecule has 0 heterocycles. The molecule has 3 nitrogen and oxygen atoms in total. The molecule has 0 radical (unpaired) electrons. The third kappa shape index (κ3) is 5.56. The molecule has 0 fully saturated rings. The van der Waals surface area contributed by atoms with Crippen LogP contribution in [0.5, 0.6) is 0 Å². The highest BCUT2D eigenvalue weighted by Gasteiger charge is 2.18. The molecule has 0 aliphatic heterocycles. The molecule has 18 heavy (non-hydrogen) atoms. The number of ether oxygens (including phenoxy) is 1. The molecule has 0 spiro atoms. The van der Waals surface area contributed by atoms with Crippen LogP contribution in [0.3, 0.4) is 0 Å². The minimum absolute atomic E-state index is 0.142. The van der Waals surface area contributed by atoms with Gasteiger partial charge in [0.1, 0.15) is 11.0 Å². The van der Waals surface area contributed by atoms with Crippen molar-refractivity contribution in [3.05, 3.63) is 35.9 Å². The van der Waals surface area contributed by atoms with E-state index in [1.54, 1.807) is 6.21 Å². The Morgan fingerprint density at radius 2 is 1.94 bits per heavy atom. The summed E-state index contributed by atoms with van der Waals surface area (Å²) in [5, 5.41) is 0. The highest BCUT2D eigenvalue weighted by atomic mass is 32.2. The third-order valence-electron chi connectivity index (χ3n) is 2.25. The van der Waals surface area contributed by atoms with Crippen LogP contribution in [0.4, 0.5) is 0 Å². The van der Waals surface area contributed by atoms with E-state index < -0.39 is 11.0 Å². The molecule has 100 valence electrons. The molecular weight excluding hydrogens is 246 g/mol. The molecule has 0 aliphatic carbocycles. The van der Waals surface area contributed by atoms with Crippen molar-refractivity contribution in [2.24, 2.45) is 4.40 Å². The van der Waals surface area contributed by atoms with Gasteiger partial charge in [-0.05, 0) is 33.3 Å². The maximum absolute atomic E-state index is 11.7. The Morgan fingerprint density at radius 1 is 1.33 bits per heavy atom. The fourth-order valence-corrected chi connectivity index (χ4v) is 1.74. The molecule has 0 bridgehead atoms. The number of benzene rings is 1. The Labute approximate surface area is 112 Å². The molecule has 0 N–H and O–H groups in total. The zero-order valence-electron chi connectivity index (χ0n) is 11.4. The Balaban J connectivity index is 2.41. The van der Waals surface area contributed by atoms with E-state index in [9.17, 15) is 4.21 Å². The second kappa shape index (κ2) is 6.81. The van der Waals surface area contributed by atoms with Crippen molar-refractivity contribution in [3.8, 4) is 0 Å². The Bertz CT molecular complexity index is 410. The lowest BCUT2D eigenvalue weighted by atomic mass is 10.2. The fourth-order valence-electron chi connectivity index (χ4n) is 1.14. The van der Waals surface area contributed by atoms with Gasteiger partial charge < -0.3 is 4.74 Å². The van der Waals surface area contributed by atoms with Crippen LogP contribution in [-0.2, 0) is 22.3 Å². The molecule has 1 aromatic rings. The third-order valence-corrected chi connectivity index (χ3v) is 3.61. The minimum Gasteiger partial charge on any atom is -0.368 e. The van der Waals surface area contributed by atoms with Crippen molar-refractivity contribution < 1.29 is 8.95 Å². The minimum atomic E-state index is -1.22. The van der Waals surface area contributed by atoms with E-state index in [0.29, 0.717) is 6.61 Å². The highest BCUT2D eigenvalue weighted by molar-refractivity contribution is 7.85. The second-order valence-electron chi connectivity index (χ2n) is 5.12. The van der Waals surface area contributed by atoms with Gasteiger partial charge in [-0.25, -0.2) is 4.21 Å². The summed E-state index contributed by atoms with van der Waals surface area (Å²) in [7, 11) is -1.22. The zero-order valence-corrected chi connectivity index (χ0v) is 12.2. The van der Waals surface area contributed by atoms with E-state index in [1.165, 1.54) is 0 Å². The summed E-state index contributed by atoms with van der Waals surface area (Å²) >= 11 is 0. The zero-order chi connectivity index (χ0) is 13.6. The molecule has 0 amide bonds. The molecule has 1 aromatic carbocycles. The average molecular weight is 267 g/mol. The van der Waals surface area contributed by atoms with Crippen molar-refractivity contribution in [2.75, 3.05) is 0 Å². The molecule has 4 heteroatoms.